The van der Waals surface area contributed by atoms with E-state index in [0.29, 0.717) is 30.8 Å². The summed E-state index contributed by atoms with van der Waals surface area (Å²) in [4.78, 5) is 23.5. The van der Waals surface area contributed by atoms with Crippen LogP contribution in [0.3, 0.4) is 0 Å². The maximum atomic E-state index is 12.5. The number of hydrogen-bond acceptors (Lipinski definition) is 4. The normalized spacial score (nSPS) is 10.8. The van der Waals surface area contributed by atoms with Crippen molar-refractivity contribution in [3.8, 4) is 5.75 Å². The van der Waals surface area contributed by atoms with E-state index >= 15 is 0 Å². The summed E-state index contributed by atoms with van der Waals surface area (Å²) >= 11 is 0. The Morgan fingerprint density at radius 3 is 2.64 bits per heavy atom. The summed E-state index contributed by atoms with van der Waals surface area (Å²) in [7, 11) is 0. The molecule has 0 aliphatic carbocycles. The maximum absolute atomic E-state index is 12.5. The summed E-state index contributed by atoms with van der Waals surface area (Å²) in [5, 5.41) is 18.2. The number of hydrogen-bond donors (Lipinski definition) is 2. The van der Waals surface area contributed by atoms with E-state index in [4.69, 9.17) is 9.84 Å². The molecule has 0 aliphatic heterocycles. The standard InChI is InChI=1S/C26H25N3O4/c30-25(31)11-10-21-7-6-19(18-29-14-3-12-28-29)16-24(21)33-15-13-27-26(32)23-9-8-20-4-1-2-5-22(20)17-23/h1-9,12,14,16-17H,10-11,13,15,18H2,(H,27,32)(H,30,31). The van der Waals surface area contributed by atoms with Crippen LogP contribution in [0.2, 0.25) is 0 Å². The minimum atomic E-state index is -0.857. The van der Waals surface area contributed by atoms with Crippen LogP contribution in [0, 0.1) is 0 Å². The Morgan fingerprint density at radius 2 is 1.85 bits per heavy atom. The molecular formula is C26H25N3O4. The van der Waals surface area contributed by atoms with E-state index in [0.717, 1.165) is 21.9 Å². The van der Waals surface area contributed by atoms with Crippen LogP contribution >= 0.6 is 0 Å². The first-order valence-corrected chi connectivity index (χ1v) is 10.8. The molecular weight excluding hydrogens is 418 g/mol. The fraction of sp³-hybridized carbons (Fsp3) is 0.192. The van der Waals surface area contributed by atoms with Crippen molar-refractivity contribution in [2.24, 2.45) is 0 Å². The third kappa shape index (κ3) is 5.98. The van der Waals surface area contributed by atoms with Gasteiger partial charge in [0, 0.05) is 24.4 Å². The fourth-order valence-electron chi connectivity index (χ4n) is 3.62. The van der Waals surface area contributed by atoms with Gasteiger partial charge in [0.15, 0.2) is 0 Å². The van der Waals surface area contributed by atoms with Gasteiger partial charge in [-0.25, -0.2) is 0 Å². The zero-order chi connectivity index (χ0) is 23.0. The van der Waals surface area contributed by atoms with Crippen molar-refractivity contribution < 1.29 is 19.4 Å². The second kappa shape index (κ2) is 10.5. The van der Waals surface area contributed by atoms with Crippen LogP contribution in [0.25, 0.3) is 10.8 Å². The average molecular weight is 444 g/mol. The smallest absolute Gasteiger partial charge is 0.303 e. The first-order valence-electron chi connectivity index (χ1n) is 10.8. The minimum Gasteiger partial charge on any atom is -0.491 e. The van der Waals surface area contributed by atoms with Gasteiger partial charge in [0.05, 0.1) is 13.1 Å². The van der Waals surface area contributed by atoms with Crippen molar-refractivity contribution in [1.82, 2.24) is 15.1 Å². The Hall–Kier alpha value is -4.13. The molecule has 1 heterocycles. The van der Waals surface area contributed by atoms with Gasteiger partial charge in [0.25, 0.3) is 5.91 Å². The van der Waals surface area contributed by atoms with E-state index in [1.54, 1.807) is 16.9 Å². The van der Waals surface area contributed by atoms with Gasteiger partial charge in [-0.2, -0.15) is 5.10 Å². The summed E-state index contributed by atoms with van der Waals surface area (Å²) in [5.74, 6) is -0.395. The third-order valence-corrected chi connectivity index (χ3v) is 5.30. The van der Waals surface area contributed by atoms with Crippen molar-refractivity contribution in [2.45, 2.75) is 19.4 Å². The second-order valence-corrected chi connectivity index (χ2v) is 7.71. The number of aryl methyl sites for hydroxylation is 1. The molecule has 0 unspecified atom stereocenters. The zero-order valence-corrected chi connectivity index (χ0v) is 18.1. The van der Waals surface area contributed by atoms with E-state index in [2.05, 4.69) is 10.4 Å². The Bertz CT molecular complexity index is 1250. The summed E-state index contributed by atoms with van der Waals surface area (Å²) in [6.07, 6.45) is 3.99. The number of benzene rings is 3. The molecule has 4 aromatic rings. The lowest BCUT2D eigenvalue weighted by molar-refractivity contribution is -0.136. The van der Waals surface area contributed by atoms with Crippen LogP contribution in [-0.4, -0.2) is 39.9 Å². The maximum Gasteiger partial charge on any atom is 0.303 e. The number of ether oxygens (including phenoxy) is 1. The van der Waals surface area contributed by atoms with Crippen molar-refractivity contribution >= 4 is 22.6 Å². The number of carbonyl (C=O) groups is 2. The van der Waals surface area contributed by atoms with Gasteiger partial charge in [0.1, 0.15) is 12.4 Å². The molecule has 0 spiro atoms. The molecule has 0 radical (unpaired) electrons. The van der Waals surface area contributed by atoms with Crippen molar-refractivity contribution in [3.63, 3.8) is 0 Å². The van der Waals surface area contributed by atoms with Gasteiger partial charge in [-0.05, 0) is 52.6 Å². The third-order valence-electron chi connectivity index (χ3n) is 5.30. The number of carboxylic acids is 1. The quantitative estimate of drug-likeness (QED) is 0.363. The lowest BCUT2D eigenvalue weighted by atomic mass is 10.1. The summed E-state index contributed by atoms with van der Waals surface area (Å²) in [5.41, 5.74) is 2.41. The molecule has 3 aromatic carbocycles. The van der Waals surface area contributed by atoms with Crippen molar-refractivity contribution in [1.29, 1.82) is 0 Å². The summed E-state index contributed by atoms with van der Waals surface area (Å²) in [6.45, 7) is 1.18. The highest BCUT2D eigenvalue weighted by Crippen LogP contribution is 2.23. The lowest BCUT2D eigenvalue weighted by Crippen LogP contribution is -2.28. The summed E-state index contributed by atoms with van der Waals surface area (Å²) in [6, 6.07) is 21.1. The molecule has 2 N–H and O–H groups in total. The van der Waals surface area contributed by atoms with E-state index in [9.17, 15) is 9.59 Å². The first-order chi connectivity index (χ1) is 16.1. The van der Waals surface area contributed by atoms with Gasteiger partial charge in [-0.3, -0.25) is 14.3 Å². The molecule has 7 nitrogen and oxygen atoms in total. The van der Waals surface area contributed by atoms with Crippen LogP contribution in [0.5, 0.6) is 5.75 Å². The highest BCUT2D eigenvalue weighted by Gasteiger charge is 2.10. The molecule has 0 aliphatic rings. The molecule has 1 amide bonds. The number of carbonyl (C=O) groups excluding carboxylic acids is 1. The van der Waals surface area contributed by atoms with E-state index in [1.165, 1.54) is 0 Å². The van der Waals surface area contributed by atoms with Crippen LogP contribution in [0.1, 0.15) is 27.9 Å². The number of aromatic nitrogens is 2. The fourth-order valence-corrected chi connectivity index (χ4v) is 3.62. The Labute approximate surface area is 191 Å². The van der Waals surface area contributed by atoms with E-state index in [-0.39, 0.29) is 18.9 Å². The Balaban J connectivity index is 1.37. The van der Waals surface area contributed by atoms with Gasteiger partial charge in [-0.15, -0.1) is 0 Å². The number of aliphatic carboxylic acids is 1. The van der Waals surface area contributed by atoms with Crippen LogP contribution < -0.4 is 10.1 Å². The molecule has 0 atom stereocenters. The molecule has 168 valence electrons. The van der Waals surface area contributed by atoms with Crippen molar-refractivity contribution in [2.75, 3.05) is 13.2 Å². The molecule has 1 aromatic heterocycles. The predicted molar refractivity (Wildman–Crippen MR) is 126 cm³/mol. The predicted octanol–water partition coefficient (Wildman–Crippen LogP) is 3.91. The first kappa shape index (κ1) is 22.1. The number of nitrogens with one attached hydrogen (secondary N) is 1. The lowest BCUT2D eigenvalue weighted by Gasteiger charge is -2.14. The van der Waals surface area contributed by atoms with Crippen LogP contribution in [0.4, 0.5) is 0 Å². The molecule has 7 heteroatoms. The average Bonchev–Trinajstić information content (AvgIpc) is 3.33. The topological polar surface area (TPSA) is 93.4 Å². The van der Waals surface area contributed by atoms with Gasteiger partial charge >= 0.3 is 5.97 Å². The number of amides is 1. The minimum absolute atomic E-state index is 0.0214. The molecule has 4 rings (SSSR count). The van der Waals surface area contributed by atoms with Crippen molar-refractivity contribution in [3.05, 3.63) is 95.8 Å². The zero-order valence-electron chi connectivity index (χ0n) is 18.1. The number of carboxylic acid groups (broad SMARTS) is 1. The molecule has 33 heavy (non-hydrogen) atoms. The molecule has 0 bridgehead atoms. The Morgan fingerprint density at radius 1 is 1.00 bits per heavy atom. The largest absolute Gasteiger partial charge is 0.491 e. The second-order valence-electron chi connectivity index (χ2n) is 7.71. The highest BCUT2D eigenvalue weighted by atomic mass is 16.5. The molecule has 0 fully saturated rings. The number of nitrogens with zero attached hydrogens (tertiary/aromatic N) is 2. The SMILES string of the molecule is O=C(O)CCc1ccc(Cn2cccn2)cc1OCCNC(=O)c1ccc2ccccc2c1. The molecule has 0 saturated heterocycles. The summed E-state index contributed by atoms with van der Waals surface area (Å²) < 4.78 is 7.75. The van der Waals surface area contributed by atoms with Crippen LogP contribution in [-0.2, 0) is 17.8 Å². The van der Waals surface area contributed by atoms with Crippen LogP contribution in [0.15, 0.2) is 79.1 Å². The highest BCUT2D eigenvalue weighted by molar-refractivity contribution is 5.98. The number of rotatable bonds is 10. The van der Waals surface area contributed by atoms with Gasteiger partial charge < -0.3 is 15.2 Å². The number of fused-ring (bicyclic) bond motifs is 1. The van der Waals surface area contributed by atoms with Gasteiger partial charge in [-0.1, -0.05) is 42.5 Å². The van der Waals surface area contributed by atoms with Gasteiger partial charge in [0.2, 0.25) is 0 Å². The van der Waals surface area contributed by atoms with E-state index in [1.807, 2.05) is 66.9 Å². The Kier molecular flexibility index (Phi) is 6.99. The van der Waals surface area contributed by atoms with E-state index < -0.39 is 5.97 Å². The molecule has 0 saturated carbocycles. The monoisotopic (exact) mass is 443 g/mol.